The Morgan fingerprint density at radius 1 is 1.67 bits per heavy atom. The topological polar surface area (TPSA) is 37.8 Å². The van der Waals surface area contributed by atoms with E-state index in [0.29, 0.717) is 5.95 Å². The van der Waals surface area contributed by atoms with E-state index in [4.69, 9.17) is 0 Å². The molecule has 0 saturated heterocycles. The molecular weight excluding hydrogens is 150 g/mol. The molecule has 1 heterocycles. The Balaban J connectivity index is 2.57. The van der Waals surface area contributed by atoms with Crippen LogP contribution in [0.15, 0.2) is 24.4 Å². The highest BCUT2D eigenvalue weighted by Gasteiger charge is 1.93. The fourth-order valence-corrected chi connectivity index (χ4v) is 0.764. The molecule has 0 aliphatic carbocycles. The second kappa shape index (κ2) is 3.85. The third-order valence-electron chi connectivity index (χ3n) is 1.34. The Hall–Kier alpha value is -1.38. The predicted molar refractivity (Wildman–Crippen MR) is 50.1 cm³/mol. The second-order valence-electron chi connectivity index (χ2n) is 2.83. The molecule has 1 aromatic heterocycles. The summed E-state index contributed by atoms with van der Waals surface area (Å²) in [6.45, 7) is 8.40. The number of nitrogens with one attached hydrogen (secondary N) is 1. The van der Waals surface area contributed by atoms with Crippen molar-refractivity contribution in [1.82, 2.24) is 9.97 Å². The van der Waals surface area contributed by atoms with Crippen molar-refractivity contribution < 1.29 is 0 Å². The Morgan fingerprint density at radius 3 is 3.00 bits per heavy atom. The SMILES string of the molecule is C=C(C)CNc1nccc(C)n1. The van der Waals surface area contributed by atoms with E-state index in [1.54, 1.807) is 6.20 Å². The number of nitrogens with zero attached hydrogens (tertiary/aromatic N) is 2. The molecular formula is C9H13N3. The number of hydrogen-bond donors (Lipinski definition) is 1. The molecule has 3 heteroatoms. The summed E-state index contributed by atoms with van der Waals surface area (Å²) in [6, 6.07) is 1.87. The van der Waals surface area contributed by atoms with Crippen LogP contribution in [0.1, 0.15) is 12.6 Å². The van der Waals surface area contributed by atoms with Crippen LogP contribution in [-0.2, 0) is 0 Å². The van der Waals surface area contributed by atoms with Crippen molar-refractivity contribution in [2.45, 2.75) is 13.8 Å². The Bertz CT molecular complexity index is 281. The average Bonchev–Trinajstić information content (AvgIpc) is 2.01. The number of hydrogen-bond acceptors (Lipinski definition) is 3. The molecule has 0 aromatic carbocycles. The molecule has 3 nitrogen and oxygen atoms in total. The summed E-state index contributed by atoms with van der Waals surface area (Å²) in [6.07, 6.45) is 1.74. The number of rotatable bonds is 3. The average molecular weight is 163 g/mol. The third kappa shape index (κ3) is 2.70. The van der Waals surface area contributed by atoms with Crippen LogP contribution in [0.25, 0.3) is 0 Å². The van der Waals surface area contributed by atoms with Crippen molar-refractivity contribution in [3.63, 3.8) is 0 Å². The predicted octanol–water partition coefficient (Wildman–Crippen LogP) is 1.77. The van der Waals surface area contributed by atoms with Crippen LogP contribution >= 0.6 is 0 Å². The first-order valence-electron chi connectivity index (χ1n) is 3.86. The third-order valence-corrected chi connectivity index (χ3v) is 1.34. The van der Waals surface area contributed by atoms with E-state index in [2.05, 4.69) is 21.9 Å². The molecule has 1 N–H and O–H groups in total. The monoisotopic (exact) mass is 163 g/mol. The minimum atomic E-state index is 0.665. The minimum Gasteiger partial charge on any atom is -0.350 e. The van der Waals surface area contributed by atoms with E-state index in [1.807, 2.05) is 19.9 Å². The number of anilines is 1. The Kier molecular flexibility index (Phi) is 2.80. The number of aryl methyl sites for hydroxylation is 1. The van der Waals surface area contributed by atoms with Crippen LogP contribution in [0.2, 0.25) is 0 Å². The first-order valence-corrected chi connectivity index (χ1v) is 3.86. The van der Waals surface area contributed by atoms with Crippen molar-refractivity contribution in [3.05, 3.63) is 30.1 Å². The van der Waals surface area contributed by atoms with Gasteiger partial charge in [-0.05, 0) is 19.9 Å². The van der Waals surface area contributed by atoms with Crippen molar-refractivity contribution >= 4 is 5.95 Å². The molecule has 0 unspecified atom stereocenters. The van der Waals surface area contributed by atoms with Crippen LogP contribution in [0.4, 0.5) is 5.95 Å². The summed E-state index contributed by atoms with van der Waals surface area (Å²) >= 11 is 0. The molecule has 0 radical (unpaired) electrons. The van der Waals surface area contributed by atoms with Crippen molar-refractivity contribution in [3.8, 4) is 0 Å². The van der Waals surface area contributed by atoms with Crippen LogP contribution in [0, 0.1) is 6.92 Å². The van der Waals surface area contributed by atoms with Gasteiger partial charge in [0.1, 0.15) is 0 Å². The molecule has 12 heavy (non-hydrogen) atoms. The largest absolute Gasteiger partial charge is 0.350 e. The van der Waals surface area contributed by atoms with Gasteiger partial charge in [0.15, 0.2) is 0 Å². The lowest BCUT2D eigenvalue weighted by atomic mass is 10.3. The molecule has 0 fully saturated rings. The summed E-state index contributed by atoms with van der Waals surface area (Å²) in [5.41, 5.74) is 2.04. The van der Waals surface area contributed by atoms with E-state index in [0.717, 1.165) is 17.8 Å². The molecule has 0 amide bonds. The van der Waals surface area contributed by atoms with E-state index in [9.17, 15) is 0 Å². The highest BCUT2D eigenvalue weighted by atomic mass is 15.1. The Labute approximate surface area is 72.6 Å². The molecule has 0 bridgehead atoms. The smallest absolute Gasteiger partial charge is 0.223 e. The van der Waals surface area contributed by atoms with E-state index >= 15 is 0 Å². The zero-order valence-corrected chi connectivity index (χ0v) is 7.46. The maximum atomic E-state index is 4.18. The minimum absolute atomic E-state index is 0.665. The van der Waals surface area contributed by atoms with Gasteiger partial charge in [-0.1, -0.05) is 12.2 Å². The van der Waals surface area contributed by atoms with Gasteiger partial charge in [0, 0.05) is 18.4 Å². The summed E-state index contributed by atoms with van der Waals surface area (Å²) in [5, 5.41) is 3.06. The summed E-state index contributed by atoms with van der Waals surface area (Å²) < 4.78 is 0. The molecule has 64 valence electrons. The van der Waals surface area contributed by atoms with Crippen LogP contribution < -0.4 is 5.32 Å². The molecule has 0 aliphatic heterocycles. The lowest BCUT2D eigenvalue weighted by Gasteiger charge is -2.03. The van der Waals surface area contributed by atoms with Gasteiger partial charge in [-0.2, -0.15) is 0 Å². The quantitative estimate of drug-likeness (QED) is 0.690. The van der Waals surface area contributed by atoms with Gasteiger partial charge < -0.3 is 5.32 Å². The standard InChI is InChI=1S/C9H13N3/c1-7(2)6-11-9-10-5-4-8(3)12-9/h4-5H,1,6H2,2-3H3,(H,10,11,12). The van der Waals surface area contributed by atoms with Gasteiger partial charge in [0.05, 0.1) is 0 Å². The van der Waals surface area contributed by atoms with Crippen LogP contribution in [0.5, 0.6) is 0 Å². The lowest BCUT2D eigenvalue weighted by molar-refractivity contribution is 1.06. The molecule has 1 aromatic rings. The summed E-state index contributed by atoms with van der Waals surface area (Å²) in [4.78, 5) is 8.23. The van der Waals surface area contributed by atoms with Gasteiger partial charge in [-0.3, -0.25) is 0 Å². The van der Waals surface area contributed by atoms with E-state index < -0.39 is 0 Å². The van der Waals surface area contributed by atoms with Crippen molar-refractivity contribution in [1.29, 1.82) is 0 Å². The zero-order valence-electron chi connectivity index (χ0n) is 7.46. The van der Waals surface area contributed by atoms with Crippen LogP contribution in [-0.4, -0.2) is 16.5 Å². The molecule has 1 rings (SSSR count). The summed E-state index contributed by atoms with van der Waals surface area (Å²) in [5.74, 6) is 0.665. The van der Waals surface area contributed by atoms with Gasteiger partial charge >= 0.3 is 0 Å². The summed E-state index contributed by atoms with van der Waals surface area (Å²) in [7, 11) is 0. The fraction of sp³-hybridized carbons (Fsp3) is 0.333. The normalized spacial score (nSPS) is 9.50. The van der Waals surface area contributed by atoms with Gasteiger partial charge in [-0.15, -0.1) is 0 Å². The highest BCUT2D eigenvalue weighted by molar-refractivity contribution is 5.26. The van der Waals surface area contributed by atoms with Crippen molar-refractivity contribution in [2.75, 3.05) is 11.9 Å². The zero-order chi connectivity index (χ0) is 8.97. The molecule has 0 atom stereocenters. The second-order valence-corrected chi connectivity index (χ2v) is 2.83. The Morgan fingerprint density at radius 2 is 2.42 bits per heavy atom. The van der Waals surface area contributed by atoms with Gasteiger partial charge in [-0.25, -0.2) is 9.97 Å². The first-order chi connectivity index (χ1) is 5.68. The fourth-order valence-electron chi connectivity index (χ4n) is 0.764. The molecule has 0 spiro atoms. The molecule has 0 aliphatic rings. The van der Waals surface area contributed by atoms with E-state index in [1.165, 1.54) is 0 Å². The van der Waals surface area contributed by atoms with E-state index in [-0.39, 0.29) is 0 Å². The maximum Gasteiger partial charge on any atom is 0.223 e. The van der Waals surface area contributed by atoms with Crippen molar-refractivity contribution in [2.24, 2.45) is 0 Å². The maximum absolute atomic E-state index is 4.18. The van der Waals surface area contributed by atoms with Crippen LogP contribution in [0.3, 0.4) is 0 Å². The van der Waals surface area contributed by atoms with Gasteiger partial charge in [0.2, 0.25) is 5.95 Å². The lowest BCUT2D eigenvalue weighted by Crippen LogP contribution is -2.05. The first kappa shape index (κ1) is 8.71. The number of aromatic nitrogens is 2. The highest BCUT2D eigenvalue weighted by Crippen LogP contribution is 1.99. The molecule has 0 saturated carbocycles. The van der Waals surface area contributed by atoms with Gasteiger partial charge in [0.25, 0.3) is 0 Å².